The molecule has 0 spiro atoms. The normalized spacial score (nSPS) is 13.8. The highest BCUT2D eigenvalue weighted by molar-refractivity contribution is 6.06. The van der Waals surface area contributed by atoms with Crippen LogP contribution < -0.4 is 10.6 Å². The lowest BCUT2D eigenvalue weighted by molar-refractivity contribution is -0.384. The van der Waals surface area contributed by atoms with E-state index in [2.05, 4.69) is 15.5 Å². The van der Waals surface area contributed by atoms with Gasteiger partial charge in [-0.05, 0) is 57.1 Å². The van der Waals surface area contributed by atoms with Crippen molar-refractivity contribution >= 4 is 28.9 Å². The molecule has 2 aromatic rings. The molecular weight excluding hydrogens is 372 g/mol. The van der Waals surface area contributed by atoms with Crippen molar-refractivity contribution in [1.82, 2.24) is 4.90 Å². The molecule has 29 heavy (non-hydrogen) atoms. The molecule has 8 nitrogen and oxygen atoms in total. The third-order valence-electron chi connectivity index (χ3n) is 4.78. The molecule has 2 N–H and O–H groups in total. The summed E-state index contributed by atoms with van der Waals surface area (Å²) in [5.74, 6) is -0.705. The second-order valence-electron chi connectivity index (χ2n) is 7.05. The number of anilines is 2. The zero-order valence-electron chi connectivity index (χ0n) is 16.1. The molecule has 8 heteroatoms. The first-order valence-electron chi connectivity index (χ1n) is 9.69. The summed E-state index contributed by atoms with van der Waals surface area (Å²) in [5, 5.41) is 16.6. The van der Waals surface area contributed by atoms with Crippen molar-refractivity contribution in [1.29, 1.82) is 0 Å². The topological polar surface area (TPSA) is 105 Å². The minimum absolute atomic E-state index is 0.107. The molecule has 1 heterocycles. The molecule has 1 aliphatic heterocycles. The summed E-state index contributed by atoms with van der Waals surface area (Å²) in [6, 6.07) is 12.7. The number of carbonyl (C=O) groups excluding carboxylic acids is 2. The van der Waals surface area contributed by atoms with Crippen LogP contribution in [-0.4, -0.2) is 41.3 Å². The van der Waals surface area contributed by atoms with Gasteiger partial charge in [-0.1, -0.05) is 18.2 Å². The standard InChI is InChI=1S/C21H24N4O4/c26-20(9-6-12-24-10-4-5-11-24)22-18-13-16(14-19(15-18)25(28)29)21(27)23-17-7-2-1-3-8-17/h1-3,7-8,13-15H,4-6,9-12H2,(H,22,26)(H,23,27). The Morgan fingerprint density at radius 1 is 1.00 bits per heavy atom. The van der Waals surface area contributed by atoms with E-state index in [-0.39, 0.29) is 22.8 Å². The van der Waals surface area contributed by atoms with Gasteiger partial charge in [0.05, 0.1) is 4.92 Å². The predicted molar refractivity (Wildman–Crippen MR) is 111 cm³/mol. The van der Waals surface area contributed by atoms with Crippen molar-refractivity contribution in [2.75, 3.05) is 30.3 Å². The number of likely N-dealkylation sites (tertiary alicyclic amines) is 1. The molecule has 0 aliphatic carbocycles. The number of hydrogen-bond donors (Lipinski definition) is 2. The Hall–Kier alpha value is -3.26. The molecule has 0 radical (unpaired) electrons. The monoisotopic (exact) mass is 396 g/mol. The van der Waals surface area contributed by atoms with Crippen LogP contribution in [0.5, 0.6) is 0 Å². The summed E-state index contributed by atoms with van der Waals surface area (Å²) in [4.78, 5) is 37.7. The van der Waals surface area contributed by atoms with E-state index >= 15 is 0 Å². The van der Waals surface area contributed by atoms with Crippen molar-refractivity contribution in [2.45, 2.75) is 25.7 Å². The molecule has 1 aliphatic rings. The van der Waals surface area contributed by atoms with Crippen LogP contribution in [0.1, 0.15) is 36.0 Å². The highest BCUT2D eigenvalue weighted by Gasteiger charge is 2.17. The van der Waals surface area contributed by atoms with Gasteiger partial charge in [-0.2, -0.15) is 0 Å². The van der Waals surface area contributed by atoms with Crippen molar-refractivity contribution in [2.24, 2.45) is 0 Å². The van der Waals surface area contributed by atoms with Crippen LogP contribution >= 0.6 is 0 Å². The first kappa shape index (κ1) is 20.5. The van der Waals surface area contributed by atoms with Gasteiger partial charge >= 0.3 is 0 Å². The number of benzene rings is 2. The number of nitrogens with one attached hydrogen (secondary N) is 2. The van der Waals surface area contributed by atoms with Crippen LogP contribution in [0.3, 0.4) is 0 Å². The lowest BCUT2D eigenvalue weighted by Crippen LogP contribution is -2.22. The molecule has 0 atom stereocenters. The smallest absolute Gasteiger partial charge is 0.272 e. The van der Waals surface area contributed by atoms with E-state index in [1.165, 1.54) is 31.0 Å². The first-order chi connectivity index (χ1) is 14.0. The fourth-order valence-corrected chi connectivity index (χ4v) is 3.34. The molecule has 1 fully saturated rings. The van der Waals surface area contributed by atoms with Crippen LogP contribution in [0.25, 0.3) is 0 Å². The Morgan fingerprint density at radius 3 is 2.41 bits per heavy atom. The number of rotatable bonds is 8. The molecule has 1 saturated heterocycles. The molecule has 0 saturated carbocycles. The first-order valence-corrected chi connectivity index (χ1v) is 9.69. The second kappa shape index (κ2) is 9.79. The van der Waals surface area contributed by atoms with E-state index < -0.39 is 10.8 Å². The highest BCUT2D eigenvalue weighted by Crippen LogP contribution is 2.22. The average molecular weight is 396 g/mol. The van der Waals surface area contributed by atoms with Crippen LogP contribution in [0, 0.1) is 10.1 Å². The lowest BCUT2D eigenvalue weighted by Gasteiger charge is -2.14. The van der Waals surface area contributed by atoms with Gasteiger partial charge < -0.3 is 15.5 Å². The van der Waals surface area contributed by atoms with E-state index in [1.54, 1.807) is 24.3 Å². The fourth-order valence-electron chi connectivity index (χ4n) is 3.34. The predicted octanol–water partition coefficient (Wildman–Crippen LogP) is 3.66. The Bertz CT molecular complexity index is 880. The second-order valence-corrected chi connectivity index (χ2v) is 7.05. The van der Waals surface area contributed by atoms with Gasteiger partial charge in [-0.25, -0.2) is 0 Å². The van der Waals surface area contributed by atoms with Crippen LogP contribution in [0.2, 0.25) is 0 Å². The quantitative estimate of drug-likeness (QED) is 0.523. The maximum Gasteiger partial charge on any atom is 0.272 e. The van der Waals surface area contributed by atoms with Gasteiger partial charge in [0.1, 0.15) is 0 Å². The third kappa shape index (κ3) is 6.11. The zero-order valence-corrected chi connectivity index (χ0v) is 16.1. The van der Waals surface area contributed by atoms with E-state index in [1.807, 2.05) is 6.07 Å². The summed E-state index contributed by atoms with van der Waals surface area (Å²) in [6.07, 6.45) is 3.45. The van der Waals surface area contributed by atoms with Crippen LogP contribution in [-0.2, 0) is 4.79 Å². The fraction of sp³-hybridized carbons (Fsp3) is 0.333. The molecule has 3 rings (SSSR count). The summed E-state index contributed by atoms with van der Waals surface area (Å²) in [5.41, 5.74) is 0.675. The van der Waals surface area contributed by atoms with E-state index in [0.717, 1.165) is 26.1 Å². The van der Waals surface area contributed by atoms with Gasteiger partial charge in [-0.3, -0.25) is 19.7 Å². The van der Waals surface area contributed by atoms with Gasteiger partial charge in [-0.15, -0.1) is 0 Å². The molecule has 0 unspecified atom stereocenters. The van der Waals surface area contributed by atoms with Gasteiger partial charge in [0.2, 0.25) is 5.91 Å². The number of carbonyl (C=O) groups is 2. The van der Waals surface area contributed by atoms with Gasteiger partial charge in [0.15, 0.2) is 0 Å². The number of nitro groups is 1. The Morgan fingerprint density at radius 2 is 1.72 bits per heavy atom. The highest BCUT2D eigenvalue weighted by atomic mass is 16.6. The van der Waals surface area contributed by atoms with Gasteiger partial charge in [0.25, 0.3) is 11.6 Å². The maximum atomic E-state index is 12.5. The number of nitro benzene ring substituents is 1. The molecule has 0 bridgehead atoms. The minimum atomic E-state index is -0.581. The summed E-state index contributed by atoms with van der Waals surface area (Å²) in [7, 11) is 0. The van der Waals surface area contributed by atoms with E-state index in [4.69, 9.17) is 0 Å². The Balaban J connectivity index is 1.65. The number of hydrogen-bond acceptors (Lipinski definition) is 5. The Kier molecular flexibility index (Phi) is 6.91. The van der Waals surface area contributed by atoms with E-state index in [9.17, 15) is 19.7 Å². The van der Waals surface area contributed by atoms with Crippen molar-refractivity contribution in [3.63, 3.8) is 0 Å². The van der Waals surface area contributed by atoms with Crippen LogP contribution in [0.15, 0.2) is 48.5 Å². The van der Waals surface area contributed by atoms with Crippen molar-refractivity contribution in [3.05, 3.63) is 64.2 Å². The van der Waals surface area contributed by atoms with Crippen molar-refractivity contribution < 1.29 is 14.5 Å². The number of amides is 2. The maximum absolute atomic E-state index is 12.5. The summed E-state index contributed by atoms with van der Waals surface area (Å²) < 4.78 is 0. The SMILES string of the molecule is O=C(CCCN1CCCC1)Nc1cc(C(=O)Nc2ccccc2)cc([N+](=O)[O-])c1. The number of non-ortho nitro benzene ring substituents is 1. The summed E-state index contributed by atoms with van der Waals surface area (Å²) >= 11 is 0. The number of nitrogens with zero attached hydrogens (tertiary/aromatic N) is 2. The van der Waals surface area contributed by atoms with Crippen molar-refractivity contribution in [3.8, 4) is 0 Å². The lowest BCUT2D eigenvalue weighted by atomic mass is 10.1. The molecule has 152 valence electrons. The molecule has 0 aromatic heterocycles. The van der Waals surface area contributed by atoms with Crippen LogP contribution in [0.4, 0.5) is 17.1 Å². The third-order valence-corrected chi connectivity index (χ3v) is 4.78. The number of para-hydroxylation sites is 1. The summed E-state index contributed by atoms with van der Waals surface area (Å²) in [6.45, 7) is 3.02. The molecule has 2 amide bonds. The zero-order chi connectivity index (χ0) is 20.6. The largest absolute Gasteiger partial charge is 0.326 e. The minimum Gasteiger partial charge on any atom is -0.326 e. The Labute approximate surface area is 169 Å². The molecular formula is C21H24N4O4. The van der Waals surface area contributed by atoms with E-state index in [0.29, 0.717) is 12.1 Å². The molecule has 2 aromatic carbocycles. The van der Waals surface area contributed by atoms with Gasteiger partial charge in [0, 0.05) is 35.5 Å². The average Bonchev–Trinajstić information content (AvgIpc) is 3.22.